The first kappa shape index (κ1) is 17.0. The number of amides is 1. The molecule has 27 heavy (non-hydrogen) atoms. The first-order valence-corrected chi connectivity index (χ1v) is 8.74. The smallest absolute Gasteiger partial charge is 0.410 e. The van der Waals surface area contributed by atoms with E-state index in [0.29, 0.717) is 42.9 Å². The van der Waals surface area contributed by atoms with Crippen molar-refractivity contribution in [2.45, 2.75) is 19.9 Å². The summed E-state index contributed by atoms with van der Waals surface area (Å²) in [5.41, 5.74) is 9.35. The van der Waals surface area contributed by atoms with Crippen molar-refractivity contribution in [3.05, 3.63) is 53.5 Å². The molecule has 3 heterocycles. The zero-order valence-corrected chi connectivity index (χ0v) is 14.9. The standard InChI is InChI=1S/C19H19N5O3/c1-2-27-19(26)23-6-5-15-13(11-23)8-21-10-16(15)18(25)24-17-4-3-14(20)7-12(17)9-22-24/h3-4,7-10H,2,5-6,11,20H2,1H3. The zero-order valence-electron chi connectivity index (χ0n) is 14.9. The number of nitrogens with zero attached hydrogens (tertiary/aromatic N) is 4. The Morgan fingerprint density at radius 1 is 1.26 bits per heavy atom. The fourth-order valence-electron chi connectivity index (χ4n) is 3.38. The molecule has 3 aromatic rings. The average Bonchev–Trinajstić information content (AvgIpc) is 3.09. The molecule has 1 aliphatic heterocycles. The Balaban J connectivity index is 1.68. The summed E-state index contributed by atoms with van der Waals surface area (Å²) in [6.45, 7) is 2.97. The summed E-state index contributed by atoms with van der Waals surface area (Å²) in [6.07, 6.45) is 5.08. The molecular weight excluding hydrogens is 346 g/mol. The maximum atomic E-state index is 13.1. The van der Waals surface area contributed by atoms with Gasteiger partial charge in [-0.3, -0.25) is 9.78 Å². The highest BCUT2D eigenvalue weighted by Gasteiger charge is 2.26. The van der Waals surface area contributed by atoms with E-state index in [9.17, 15) is 9.59 Å². The van der Waals surface area contributed by atoms with Gasteiger partial charge in [0.1, 0.15) is 0 Å². The largest absolute Gasteiger partial charge is 0.450 e. The fraction of sp³-hybridized carbons (Fsp3) is 0.263. The molecule has 2 aromatic heterocycles. The van der Waals surface area contributed by atoms with Gasteiger partial charge in [-0.15, -0.1) is 0 Å². The molecule has 0 atom stereocenters. The van der Waals surface area contributed by atoms with Gasteiger partial charge in [-0.25, -0.2) is 4.79 Å². The second-order valence-corrected chi connectivity index (χ2v) is 6.37. The number of hydrogen-bond donors (Lipinski definition) is 1. The summed E-state index contributed by atoms with van der Waals surface area (Å²) in [7, 11) is 0. The third-order valence-corrected chi connectivity index (χ3v) is 4.68. The summed E-state index contributed by atoms with van der Waals surface area (Å²) in [4.78, 5) is 30.9. The van der Waals surface area contributed by atoms with Crippen molar-refractivity contribution in [1.29, 1.82) is 0 Å². The van der Waals surface area contributed by atoms with E-state index in [-0.39, 0.29) is 12.0 Å². The van der Waals surface area contributed by atoms with E-state index in [1.165, 1.54) is 4.68 Å². The van der Waals surface area contributed by atoms with E-state index >= 15 is 0 Å². The van der Waals surface area contributed by atoms with Gasteiger partial charge in [0.25, 0.3) is 5.91 Å². The molecule has 0 saturated carbocycles. The molecule has 0 bridgehead atoms. The van der Waals surface area contributed by atoms with Crippen LogP contribution < -0.4 is 5.73 Å². The first-order chi connectivity index (χ1) is 13.1. The molecule has 1 aliphatic rings. The van der Waals surface area contributed by atoms with E-state index in [2.05, 4.69) is 10.1 Å². The van der Waals surface area contributed by atoms with Crippen LogP contribution in [-0.4, -0.2) is 44.8 Å². The zero-order chi connectivity index (χ0) is 19.0. The number of ether oxygens (including phenoxy) is 1. The molecule has 0 aliphatic carbocycles. The molecule has 1 aromatic carbocycles. The van der Waals surface area contributed by atoms with Gasteiger partial charge in [0, 0.05) is 30.0 Å². The van der Waals surface area contributed by atoms with Gasteiger partial charge in [-0.2, -0.15) is 9.78 Å². The number of aromatic nitrogens is 3. The Morgan fingerprint density at radius 2 is 2.11 bits per heavy atom. The summed E-state index contributed by atoms with van der Waals surface area (Å²) >= 11 is 0. The van der Waals surface area contributed by atoms with E-state index in [1.807, 2.05) is 0 Å². The van der Waals surface area contributed by atoms with Crippen LogP contribution in [0.5, 0.6) is 0 Å². The molecule has 0 radical (unpaired) electrons. The lowest BCUT2D eigenvalue weighted by Crippen LogP contribution is -2.37. The summed E-state index contributed by atoms with van der Waals surface area (Å²) < 4.78 is 6.43. The Kier molecular flexibility index (Phi) is 4.23. The Bertz CT molecular complexity index is 1040. The number of rotatable bonds is 2. The lowest BCUT2D eigenvalue weighted by molar-refractivity contribution is 0.0946. The van der Waals surface area contributed by atoms with Crippen LogP contribution >= 0.6 is 0 Å². The van der Waals surface area contributed by atoms with Gasteiger partial charge >= 0.3 is 6.09 Å². The third kappa shape index (κ3) is 2.99. The molecule has 1 amide bonds. The highest BCUT2D eigenvalue weighted by atomic mass is 16.6. The molecule has 2 N–H and O–H groups in total. The normalized spacial score (nSPS) is 13.4. The summed E-state index contributed by atoms with van der Waals surface area (Å²) in [5.74, 6) is -0.247. The van der Waals surface area contributed by atoms with Gasteiger partial charge in [0.05, 0.1) is 30.4 Å². The molecule has 138 valence electrons. The van der Waals surface area contributed by atoms with Crippen molar-refractivity contribution in [1.82, 2.24) is 19.7 Å². The Morgan fingerprint density at radius 3 is 2.93 bits per heavy atom. The van der Waals surface area contributed by atoms with Crippen molar-refractivity contribution >= 4 is 28.6 Å². The SMILES string of the molecule is CCOC(=O)N1CCc2c(cncc2C(=O)n2ncc3cc(N)ccc32)C1. The quantitative estimate of drug-likeness (QED) is 0.699. The van der Waals surface area contributed by atoms with E-state index in [1.54, 1.807) is 48.6 Å². The van der Waals surface area contributed by atoms with Crippen LogP contribution in [0.15, 0.2) is 36.8 Å². The molecule has 0 spiro atoms. The number of fused-ring (bicyclic) bond motifs is 2. The monoisotopic (exact) mass is 365 g/mol. The Hall–Kier alpha value is -3.42. The van der Waals surface area contributed by atoms with Crippen molar-refractivity contribution in [3.8, 4) is 0 Å². The van der Waals surface area contributed by atoms with Gasteiger partial charge in [0.15, 0.2) is 0 Å². The molecule has 8 nitrogen and oxygen atoms in total. The van der Waals surface area contributed by atoms with Gasteiger partial charge in [-0.05, 0) is 42.7 Å². The fourth-order valence-corrected chi connectivity index (χ4v) is 3.38. The molecular formula is C19H19N5O3. The molecule has 0 fully saturated rings. The molecule has 0 saturated heterocycles. The first-order valence-electron chi connectivity index (χ1n) is 8.74. The van der Waals surface area contributed by atoms with Crippen LogP contribution in [0, 0.1) is 0 Å². The summed E-state index contributed by atoms with van der Waals surface area (Å²) in [6, 6.07) is 5.30. The number of anilines is 1. The summed E-state index contributed by atoms with van der Waals surface area (Å²) in [5, 5.41) is 5.03. The van der Waals surface area contributed by atoms with Crippen LogP contribution in [0.3, 0.4) is 0 Å². The third-order valence-electron chi connectivity index (χ3n) is 4.68. The molecule has 4 rings (SSSR count). The van der Waals surface area contributed by atoms with Gasteiger partial charge in [0.2, 0.25) is 0 Å². The van der Waals surface area contributed by atoms with Crippen LogP contribution in [0.4, 0.5) is 10.5 Å². The molecule has 8 heteroatoms. The second-order valence-electron chi connectivity index (χ2n) is 6.37. The van der Waals surface area contributed by atoms with Gasteiger partial charge < -0.3 is 15.4 Å². The maximum Gasteiger partial charge on any atom is 0.410 e. The predicted molar refractivity (Wildman–Crippen MR) is 99.2 cm³/mol. The topological polar surface area (TPSA) is 103 Å². The highest BCUT2D eigenvalue weighted by Crippen LogP contribution is 2.24. The number of nitrogens with two attached hydrogens (primary N) is 1. The van der Waals surface area contributed by atoms with E-state index in [4.69, 9.17) is 10.5 Å². The van der Waals surface area contributed by atoms with Crippen LogP contribution in [-0.2, 0) is 17.7 Å². The minimum Gasteiger partial charge on any atom is -0.450 e. The predicted octanol–water partition coefficient (Wildman–Crippen LogP) is 2.22. The van der Waals surface area contributed by atoms with Crippen molar-refractivity contribution in [3.63, 3.8) is 0 Å². The lowest BCUT2D eigenvalue weighted by atomic mass is 9.97. The number of pyridine rings is 1. The Labute approximate surface area is 155 Å². The number of carbonyl (C=O) groups excluding carboxylic acids is 2. The van der Waals surface area contributed by atoms with Crippen LogP contribution in [0.25, 0.3) is 10.9 Å². The van der Waals surface area contributed by atoms with Crippen molar-refractivity contribution < 1.29 is 14.3 Å². The highest BCUT2D eigenvalue weighted by molar-refractivity contribution is 6.02. The van der Waals surface area contributed by atoms with E-state index < -0.39 is 0 Å². The maximum absolute atomic E-state index is 13.1. The minimum atomic E-state index is -0.351. The number of carbonyl (C=O) groups is 2. The van der Waals surface area contributed by atoms with Gasteiger partial charge in [-0.1, -0.05) is 0 Å². The number of benzene rings is 1. The lowest BCUT2D eigenvalue weighted by Gasteiger charge is -2.28. The number of nitrogen functional groups attached to an aromatic ring is 1. The van der Waals surface area contributed by atoms with Crippen molar-refractivity contribution in [2.24, 2.45) is 0 Å². The second kappa shape index (κ2) is 6.71. The number of hydrogen-bond acceptors (Lipinski definition) is 6. The van der Waals surface area contributed by atoms with E-state index in [0.717, 1.165) is 16.5 Å². The average molecular weight is 365 g/mol. The molecule has 0 unspecified atom stereocenters. The van der Waals surface area contributed by atoms with Crippen LogP contribution in [0.2, 0.25) is 0 Å². The minimum absolute atomic E-state index is 0.247. The van der Waals surface area contributed by atoms with Crippen LogP contribution in [0.1, 0.15) is 28.4 Å². The van der Waals surface area contributed by atoms with Crippen molar-refractivity contribution in [2.75, 3.05) is 18.9 Å².